The number of aryl methyl sites for hydroxylation is 2. The number of methoxy groups -OCH3 is 1. The molecule has 1 aliphatic heterocycles. The molecule has 0 radical (unpaired) electrons. The quantitative estimate of drug-likeness (QED) is 0.709. The first kappa shape index (κ1) is 20.2. The smallest absolute Gasteiger partial charge is 0.343 e. The molecular formula is C23H30N2O3. The van der Waals surface area contributed by atoms with Crippen LogP contribution in [0.25, 0.3) is 0 Å². The molecule has 1 heterocycles. The number of esters is 1. The van der Waals surface area contributed by atoms with Crippen LogP contribution in [0.1, 0.15) is 23.1 Å². The highest BCUT2D eigenvalue weighted by Gasteiger charge is 2.22. The molecule has 0 spiro atoms. The van der Waals surface area contributed by atoms with Gasteiger partial charge < -0.3 is 19.7 Å². The van der Waals surface area contributed by atoms with Gasteiger partial charge in [-0.05, 0) is 55.0 Å². The molecule has 1 unspecified atom stereocenters. The highest BCUT2D eigenvalue weighted by molar-refractivity contribution is 5.71. The lowest BCUT2D eigenvalue weighted by Crippen LogP contribution is -2.26. The fourth-order valence-electron chi connectivity index (χ4n) is 3.85. The molecule has 0 aromatic heterocycles. The Morgan fingerprint density at radius 1 is 1.18 bits per heavy atom. The van der Waals surface area contributed by atoms with E-state index >= 15 is 0 Å². The SMILES string of the molecule is COC(=O)COc1c(C)cc(CNCC2CCN(c3ccccc3)C2)cc1C. The van der Waals surface area contributed by atoms with Gasteiger partial charge in [-0.1, -0.05) is 30.3 Å². The van der Waals surface area contributed by atoms with Gasteiger partial charge in [-0.25, -0.2) is 4.79 Å². The van der Waals surface area contributed by atoms with Crippen molar-refractivity contribution in [2.45, 2.75) is 26.8 Å². The minimum Gasteiger partial charge on any atom is -0.481 e. The van der Waals surface area contributed by atoms with Gasteiger partial charge in [0.1, 0.15) is 5.75 Å². The molecule has 5 nitrogen and oxygen atoms in total. The largest absolute Gasteiger partial charge is 0.481 e. The Morgan fingerprint density at radius 3 is 2.57 bits per heavy atom. The number of carbonyl (C=O) groups is 1. The highest BCUT2D eigenvalue weighted by Crippen LogP contribution is 2.26. The van der Waals surface area contributed by atoms with Crippen LogP contribution in [0.2, 0.25) is 0 Å². The summed E-state index contributed by atoms with van der Waals surface area (Å²) in [5.74, 6) is 1.07. The number of hydrogen-bond acceptors (Lipinski definition) is 5. The first-order valence-electron chi connectivity index (χ1n) is 9.87. The van der Waals surface area contributed by atoms with E-state index in [9.17, 15) is 4.79 Å². The Kier molecular flexibility index (Phi) is 6.93. The summed E-state index contributed by atoms with van der Waals surface area (Å²) in [6.07, 6.45) is 1.22. The van der Waals surface area contributed by atoms with Gasteiger partial charge in [0, 0.05) is 31.9 Å². The van der Waals surface area contributed by atoms with Crippen molar-refractivity contribution in [1.29, 1.82) is 0 Å². The van der Waals surface area contributed by atoms with Gasteiger partial charge in [0.25, 0.3) is 0 Å². The molecule has 1 saturated heterocycles. The van der Waals surface area contributed by atoms with E-state index in [1.807, 2.05) is 13.8 Å². The number of nitrogens with one attached hydrogen (secondary N) is 1. The molecule has 1 aliphatic rings. The van der Waals surface area contributed by atoms with E-state index < -0.39 is 0 Å². The maximum Gasteiger partial charge on any atom is 0.343 e. The standard InChI is InChI=1S/C23H30N2O3/c1-17-11-20(12-18(2)23(17)28-16-22(26)27-3)14-24-13-19-9-10-25(15-19)21-7-5-4-6-8-21/h4-8,11-12,19,24H,9-10,13-16H2,1-3H3. The molecule has 0 amide bonds. The maximum absolute atomic E-state index is 11.3. The Balaban J connectivity index is 1.48. The van der Waals surface area contributed by atoms with Crippen LogP contribution in [0.3, 0.4) is 0 Å². The Hall–Kier alpha value is -2.53. The molecule has 3 rings (SSSR count). The van der Waals surface area contributed by atoms with Crippen LogP contribution in [0, 0.1) is 19.8 Å². The summed E-state index contributed by atoms with van der Waals surface area (Å²) in [7, 11) is 1.36. The summed E-state index contributed by atoms with van der Waals surface area (Å²) >= 11 is 0. The number of ether oxygens (including phenoxy) is 2. The number of benzene rings is 2. The van der Waals surface area contributed by atoms with Gasteiger partial charge in [0.15, 0.2) is 6.61 Å². The monoisotopic (exact) mass is 382 g/mol. The first-order valence-corrected chi connectivity index (χ1v) is 9.87. The maximum atomic E-state index is 11.3. The molecule has 1 atom stereocenters. The average molecular weight is 383 g/mol. The molecule has 5 heteroatoms. The van der Waals surface area contributed by atoms with E-state index in [2.05, 4.69) is 57.4 Å². The molecule has 0 bridgehead atoms. The minimum atomic E-state index is -0.370. The molecule has 1 fully saturated rings. The van der Waals surface area contributed by atoms with Crippen molar-refractivity contribution >= 4 is 11.7 Å². The summed E-state index contributed by atoms with van der Waals surface area (Å²) in [6, 6.07) is 14.9. The lowest BCUT2D eigenvalue weighted by molar-refractivity contribution is -0.142. The number of anilines is 1. The number of nitrogens with zero attached hydrogens (tertiary/aromatic N) is 1. The molecule has 2 aromatic rings. The summed E-state index contributed by atoms with van der Waals surface area (Å²) in [6.45, 7) is 8.05. The molecule has 28 heavy (non-hydrogen) atoms. The summed E-state index contributed by atoms with van der Waals surface area (Å²) in [5.41, 5.74) is 4.63. The van der Waals surface area contributed by atoms with Gasteiger partial charge in [-0.3, -0.25) is 0 Å². The zero-order valence-corrected chi connectivity index (χ0v) is 17.0. The summed E-state index contributed by atoms with van der Waals surface area (Å²) in [4.78, 5) is 13.8. The van der Waals surface area contributed by atoms with Crippen LogP contribution in [0.15, 0.2) is 42.5 Å². The van der Waals surface area contributed by atoms with Crippen molar-refractivity contribution in [3.8, 4) is 5.75 Å². The van der Waals surface area contributed by atoms with Gasteiger partial charge in [-0.15, -0.1) is 0 Å². The third kappa shape index (κ3) is 5.26. The summed E-state index contributed by atoms with van der Waals surface area (Å²) in [5, 5.41) is 3.61. The first-order chi connectivity index (χ1) is 13.6. The number of hydrogen-bond donors (Lipinski definition) is 1. The van der Waals surface area contributed by atoms with Gasteiger partial charge in [0.2, 0.25) is 0 Å². The van der Waals surface area contributed by atoms with Crippen LogP contribution < -0.4 is 15.0 Å². The van der Waals surface area contributed by atoms with Crippen LogP contribution in [-0.4, -0.2) is 39.3 Å². The molecular weight excluding hydrogens is 352 g/mol. The topological polar surface area (TPSA) is 50.8 Å². The Labute approximate surface area is 167 Å². The zero-order chi connectivity index (χ0) is 19.9. The zero-order valence-electron chi connectivity index (χ0n) is 17.0. The molecule has 0 aliphatic carbocycles. The highest BCUT2D eigenvalue weighted by atomic mass is 16.6. The molecule has 150 valence electrons. The van der Waals surface area contributed by atoms with Crippen LogP contribution in [0.5, 0.6) is 5.75 Å². The van der Waals surface area contributed by atoms with E-state index in [1.165, 1.54) is 24.8 Å². The molecule has 1 N–H and O–H groups in total. The van der Waals surface area contributed by atoms with E-state index in [0.717, 1.165) is 43.1 Å². The lowest BCUT2D eigenvalue weighted by Gasteiger charge is -2.19. The Bertz CT molecular complexity index is 769. The van der Waals surface area contributed by atoms with E-state index in [-0.39, 0.29) is 12.6 Å². The predicted molar refractivity (Wildman–Crippen MR) is 112 cm³/mol. The van der Waals surface area contributed by atoms with Crippen LogP contribution >= 0.6 is 0 Å². The van der Waals surface area contributed by atoms with Gasteiger partial charge in [-0.2, -0.15) is 0 Å². The summed E-state index contributed by atoms with van der Waals surface area (Å²) < 4.78 is 10.2. The van der Waals surface area contributed by atoms with Gasteiger partial charge in [0.05, 0.1) is 7.11 Å². The van der Waals surface area contributed by atoms with Crippen molar-refractivity contribution in [2.75, 3.05) is 38.3 Å². The fraction of sp³-hybridized carbons (Fsp3) is 0.435. The average Bonchev–Trinajstić information content (AvgIpc) is 3.17. The second-order valence-electron chi connectivity index (χ2n) is 7.49. The fourth-order valence-corrected chi connectivity index (χ4v) is 3.85. The number of rotatable bonds is 8. The number of carbonyl (C=O) groups excluding carboxylic acids is 1. The van der Waals surface area contributed by atoms with Crippen molar-refractivity contribution in [3.05, 3.63) is 59.2 Å². The van der Waals surface area contributed by atoms with Crippen LogP contribution in [0.4, 0.5) is 5.69 Å². The van der Waals surface area contributed by atoms with E-state index in [4.69, 9.17) is 4.74 Å². The predicted octanol–water partition coefficient (Wildman–Crippen LogP) is 3.47. The van der Waals surface area contributed by atoms with Crippen molar-refractivity contribution < 1.29 is 14.3 Å². The second-order valence-corrected chi connectivity index (χ2v) is 7.49. The molecule has 0 saturated carbocycles. The third-order valence-electron chi connectivity index (χ3n) is 5.25. The van der Waals surface area contributed by atoms with Crippen LogP contribution in [-0.2, 0) is 16.1 Å². The van der Waals surface area contributed by atoms with Crippen molar-refractivity contribution in [3.63, 3.8) is 0 Å². The normalized spacial score (nSPS) is 16.2. The second kappa shape index (κ2) is 9.60. The van der Waals surface area contributed by atoms with E-state index in [1.54, 1.807) is 0 Å². The minimum absolute atomic E-state index is 0.0601. The lowest BCUT2D eigenvalue weighted by atomic mass is 10.0. The van der Waals surface area contributed by atoms with Crippen molar-refractivity contribution in [1.82, 2.24) is 5.32 Å². The van der Waals surface area contributed by atoms with E-state index in [0.29, 0.717) is 5.92 Å². The molecule has 2 aromatic carbocycles. The Morgan fingerprint density at radius 2 is 1.89 bits per heavy atom. The van der Waals surface area contributed by atoms with Crippen molar-refractivity contribution in [2.24, 2.45) is 5.92 Å². The number of para-hydroxylation sites is 1. The third-order valence-corrected chi connectivity index (χ3v) is 5.25. The van der Waals surface area contributed by atoms with Gasteiger partial charge >= 0.3 is 5.97 Å².